The Morgan fingerprint density at radius 1 is 1.50 bits per heavy atom. The zero-order valence-electron chi connectivity index (χ0n) is 7.45. The minimum absolute atomic E-state index is 0.115. The monoisotopic (exact) mass is 176 g/mol. The fourth-order valence-electron chi connectivity index (χ4n) is 1.13. The minimum atomic E-state index is -1.88. The summed E-state index contributed by atoms with van der Waals surface area (Å²) in [6.45, 7) is 3.06. The van der Waals surface area contributed by atoms with Crippen LogP contribution in [0.3, 0.4) is 0 Å². The largest absolute Gasteiger partial charge is 0.481 e. The fraction of sp³-hybridized carbons (Fsp3) is 0.875. The maximum absolute atomic E-state index is 10.5. The third-order valence-corrected chi connectivity index (χ3v) is 1.62. The molecule has 0 radical (unpaired) electrons. The van der Waals surface area contributed by atoms with Gasteiger partial charge in [-0.1, -0.05) is 13.3 Å². The van der Waals surface area contributed by atoms with Crippen LogP contribution in [0.15, 0.2) is 0 Å². The summed E-state index contributed by atoms with van der Waals surface area (Å²) in [6.07, 6.45) is 1.09. The van der Waals surface area contributed by atoms with Crippen LogP contribution in [0.2, 0.25) is 0 Å². The second kappa shape index (κ2) is 4.42. The number of carboxylic acid groups (broad SMARTS) is 1. The van der Waals surface area contributed by atoms with Gasteiger partial charge in [0.15, 0.2) is 5.79 Å². The Morgan fingerprint density at radius 3 is 2.25 bits per heavy atom. The van der Waals surface area contributed by atoms with Crippen molar-refractivity contribution in [2.45, 2.75) is 38.9 Å². The number of carbonyl (C=O) groups is 1. The van der Waals surface area contributed by atoms with Crippen LogP contribution in [-0.2, 0) is 4.79 Å². The highest BCUT2D eigenvalue weighted by Crippen LogP contribution is 2.18. The molecule has 0 aliphatic rings. The fourth-order valence-corrected chi connectivity index (χ4v) is 1.13. The van der Waals surface area contributed by atoms with Crippen molar-refractivity contribution in [1.29, 1.82) is 0 Å². The van der Waals surface area contributed by atoms with Crippen molar-refractivity contribution >= 4 is 5.97 Å². The Labute approximate surface area is 71.8 Å². The Morgan fingerprint density at radius 2 is 2.00 bits per heavy atom. The topological polar surface area (TPSA) is 77.8 Å². The highest BCUT2D eigenvalue weighted by atomic mass is 16.5. The van der Waals surface area contributed by atoms with Crippen LogP contribution in [0.4, 0.5) is 0 Å². The number of rotatable bonds is 5. The smallest absolute Gasteiger partial charge is 0.306 e. The molecule has 0 bridgehead atoms. The molecule has 0 amide bonds. The van der Waals surface area contributed by atoms with E-state index >= 15 is 0 Å². The Balaban J connectivity index is 4.05. The Kier molecular flexibility index (Phi) is 4.20. The minimum Gasteiger partial charge on any atom is -0.481 e. The van der Waals surface area contributed by atoms with E-state index in [1.807, 2.05) is 6.92 Å². The first-order valence-electron chi connectivity index (χ1n) is 4.04. The molecule has 0 saturated heterocycles. The van der Waals surface area contributed by atoms with Crippen LogP contribution >= 0.6 is 0 Å². The van der Waals surface area contributed by atoms with E-state index in [4.69, 9.17) is 15.3 Å². The lowest BCUT2D eigenvalue weighted by atomic mass is 9.96. The second-order valence-electron chi connectivity index (χ2n) is 3.24. The number of aliphatic hydroxyl groups is 2. The van der Waals surface area contributed by atoms with E-state index < -0.39 is 17.7 Å². The van der Waals surface area contributed by atoms with Gasteiger partial charge in [0.25, 0.3) is 0 Å². The van der Waals surface area contributed by atoms with Gasteiger partial charge in [-0.2, -0.15) is 0 Å². The van der Waals surface area contributed by atoms with Crippen molar-refractivity contribution < 1.29 is 20.1 Å². The normalized spacial score (nSPS) is 14.3. The lowest BCUT2D eigenvalue weighted by Crippen LogP contribution is -2.30. The van der Waals surface area contributed by atoms with Crippen LogP contribution in [0, 0.1) is 5.92 Å². The van der Waals surface area contributed by atoms with Crippen LogP contribution in [-0.4, -0.2) is 27.1 Å². The molecule has 0 heterocycles. The van der Waals surface area contributed by atoms with Crippen molar-refractivity contribution in [3.8, 4) is 0 Å². The van der Waals surface area contributed by atoms with E-state index in [0.717, 1.165) is 6.42 Å². The summed E-state index contributed by atoms with van der Waals surface area (Å²) in [7, 11) is 0. The van der Waals surface area contributed by atoms with Gasteiger partial charge in [-0.05, 0) is 13.3 Å². The van der Waals surface area contributed by atoms with E-state index in [-0.39, 0.29) is 6.42 Å². The van der Waals surface area contributed by atoms with Crippen molar-refractivity contribution in [3.05, 3.63) is 0 Å². The molecule has 4 nitrogen and oxygen atoms in total. The molecule has 0 saturated carbocycles. The van der Waals surface area contributed by atoms with Gasteiger partial charge in [0.1, 0.15) is 0 Å². The first kappa shape index (κ1) is 11.4. The highest BCUT2D eigenvalue weighted by molar-refractivity contribution is 5.69. The van der Waals surface area contributed by atoms with Gasteiger partial charge >= 0.3 is 5.97 Å². The van der Waals surface area contributed by atoms with Gasteiger partial charge in [-0.3, -0.25) is 4.79 Å². The van der Waals surface area contributed by atoms with Crippen molar-refractivity contribution in [1.82, 2.24) is 0 Å². The molecule has 0 fully saturated rings. The predicted molar refractivity (Wildman–Crippen MR) is 43.5 cm³/mol. The van der Waals surface area contributed by atoms with Crippen molar-refractivity contribution in [2.24, 2.45) is 5.92 Å². The first-order valence-corrected chi connectivity index (χ1v) is 4.04. The predicted octanol–water partition coefficient (Wildman–Crippen LogP) is 0.578. The van der Waals surface area contributed by atoms with Crippen molar-refractivity contribution in [3.63, 3.8) is 0 Å². The molecule has 4 heteroatoms. The summed E-state index contributed by atoms with van der Waals surface area (Å²) in [5.41, 5.74) is 0. The third kappa shape index (κ3) is 5.09. The molecule has 1 unspecified atom stereocenters. The maximum Gasteiger partial charge on any atom is 0.306 e. The lowest BCUT2D eigenvalue weighted by molar-refractivity contribution is -0.170. The number of hydrogen-bond acceptors (Lipinski definition) is 3. The molecule has 72 valence electrons. The zero-order chi connectivity index (χ0) is 9.78. The summed E-state index contributed by atoms with van der Waals surface area (Å²) in [4.78, 5) is 10.5. The number of aliphatic carboxylic acids is 1. The van der Waals surface area contributed by atoms with Crippen LogP contribution < -0.4 is 0 Å². The molecular formula is C8H16O4. The molecule has 0 aromatic heterocycles. The molecular weight excluding hydrogens is 160 g/mol. The average Bonchev–Trinajstić information content (AvgIpc) is 1.83. The molecule has 0 spiro atoms. The zero-order valence-corrected chi connectivity index (χ0v) is 7.45. The molecule has 0 aromatic carbocycles. The molecule has 0 rings (SSSR count). The van der Waals surface area contributed by atoms with E-state index in [9.17, 15) is 4.79 Å². The van der Waals surface area contributed by atoms with E-state index in [1.165, 1.54) is 6.92 Å². The van der Waals surface area contributed by atoms with E-state index in [2.05, 4.69) is 0 Å². The summed E-state index contributed by atoms with van der Waals surface area (Å²) in [5.74, 6) is -3.50. The molecule has 0 aromatic rings. The van der Waals surface area contributed by atoms with Crippen molar-refractivity contribution in [2.75, 3.05) is 0 Å². The molecule has 1 atom stereocenters. The van der Waals surface area contributed by atoms with Gasteiger partial charge in [-0.15, -0.1) is 0 Å². The summed E-state index contributed by atoms with van der Waals surface area (Å²) in [5, 5.41) is 26.6. The summed E-state index contributed by atoms with van der Waals surface area (Å²) in [6, 6.07) is 0. The summed E-state index contributed by atoms with van der Waals surface area (Å²) >= 11 is 0. The van der Waals surface area contributed by atoms with Crippen LogP contribution in [0.5, 0.6) is 0 Å². The van der Waals surface area contributed by atoms with E-state index in [0.29, 0.717) is 6.42 Å². The van der Waals surface area contributed by atoms with Gasteiger partial charge in [-0.25, -0.2) is 0 Å². The van der Waals surface area contributed by atoms with Gasteiger partial charge in [0, 0.05) is 6.42 Å². The van der Waals surface area contributed by atoms with Gasteiger partial charge in [0.05, 0.1) is 5.92 Å². The molecule has 0 aliphatic heterocycles. The highest BCUT2D eigenvalue weighted by Gasteiger charge is 2.26. The Bertz CT molecular complexity index is 148. The van der Waals surface area contributed by atoms with E-state index in [1.54, 1.807) is 0 Å². The van der Waals surface area contributed by atoms with Crippen LogP contribution in [0.1, 0.15) is 33.1 Å². The quantitative estimate of drug-likeness (QED) is 0.535. The molecule has 12 heavy (non-hydrogen) atoms. The standard InChI is InChI=1S/C8H16O4/c1-3-4-6(7(9)10)5-8(2,11)12/h6,11-12H,3-5H2,1-2H3,(H,9,10). The number of carboxylic acids is 1. The van der Waals surface area contributed by atoms with Gasteiger partial charge < -0.3 is 15.3 Å². The third-order valence-electron chi connectivity index (χ3n) is 1.62. The SMILES string of the molecule is CCCC(CC(C)(O)O)C(=O)O. The number of hydrogen-bond donors (Lipinski definition) is 3. The van der Waals surface area contributed by atoms with Gasteiger partial charge in [0.2, 0.25) is 0 Å². The lowest BCUT2D eigenvalue weighted by Gasteiger charge is -2.20. The molecule has 0 aliphatic carbocycles. The average molecular weight is 176 g/mol. The first-order chi connectivity index (χ1) is 5.37. The maximum atomic E-state index is 10.5. The second-order valence-corrected chi connectivity index (χ2v) is 3.24. The molecule has 3 N–H and O–H groups in total. The van der Waals surface area contributed by atoms with Crippen LogP contribution in [0.25, 0.3) is 0 Å². The summed E-state index contributed by atoms with van der Waals surface area (Å²) < 4.78 is 0. The Hall–Kier alpha value is -0.610.